The van der Waals surface area contributed by atoms with E-state index in [4.69, 9.17) is 14.7 Å². The number of aromatic nitrogens is 4. The lowest BCUT2D eigenvalue weighted by Crippen LogP contribution is -2.59. The number of rotatable bonds is 10. The van der Waals surface area contributed by atoms with E-state index in [1.54, 1.807) is 6.20 Å². The van der Waals surface area contributed by atoms with Crippen LogP contribution in [-0.2, 0) is 34.1 Å². The first-order valence-electron chi connectivity index (χ1n) is 28.4. The Morgan fingerprint density at radius 3 is 2.23 bits per heavy atom. The molecule has 4 aromatic rings. The third kappa shape index (κ3) is 9.26. The van der Waals surface area contributed by atoms with Crippen LogP contribution in [-0.4, -0.2) is 147 Å². The highest BCUT2D eigenvalue weighted by Crippen LogP contribution is 2.53. The molecule has 2 N–H and O–H groups in total. The summed E-state index contributed by atoms with van der Waals surface area (Å²) in [5.74, 6) is 1.22. The van der Waals surface area contributed by atoms with E-state index in [1.165, 1.54) is 19.3 Å². The van der Waals surface area contributed by atoms with Gasteiger partial charge in [0.1, 0.15) is 11.3 Å². The summed E-state index contributed by atoms with van der Waals surface area (Å²) in [6.45, 7) is 13.7. The van der Waals surface area contributed by atoms with E-state index in [0.29, 0.717) is 83.8 Å². The number of imidazole rings is 1. The number of hydrogen-bond acceptors (Lipinski definition) is 12. The molecule has 1 aliphatic carbocycles. The van der Waals surface area contributed by atoms with Crippen molar-refractivity contribution in [1.82, 2.24) is 39.5 Å². The quantitative estimate of drug-likeness (QED) is 0.157. The number of pyridine rings is 2. The molecule has 3 aromatic heterocycles. The molecule has 7 aliphatic heterocycles. The summed E-state index contributed by atoms with van der Waals surface area (Å²) in [5, 5.41) is 6.22. The maximum atomic E-state index is 15.4. The van der Waals surface area contributed by atoms with Gasteiger partial charge >= 0.3 is 0 Å². The maximum absolute atomic E-state index is 15.4. The average Bonchev–Trinajstić information content (AvgIpc) is 3.98. The van der Waals surface area contributed by atoms with Crippen molar-refractivity contribution in [1.29, 1.82) is 0 Å². The molecule has 1 atom stereocenters. The first-order valence-corrected chi connectivity index (χ1v) is 28.4. The Balaban J connectivity index is 0.714. The van der Waals surface area contributed by atoms with Gasteiger partial charge in [-0.3, -0.25) is 29.3 Å². The Kier molecular flexibility index (Phi) is 13.4. The van der Waals surface area contributed by atoms with Gasteiger partial charge in [-0.2, -0.15) is 0 Å². The average molecular weight is 1020 g/mol. The molecule has 1 unspecified atom stereocenters. The molecule has 398 valence electrons. The van der Waals surface area contributed by atoms with E-state index in [2.05, 4.69) is 79.9 Å². The largest absolute Gasteiger partial charge is 0.381 e. The normalized spacial score (nSPS) is 25.7. The van der Waals surface area contributed by atoms with Crippen molar-refractivity contribution in [3.63, 3.8) is 0 Å². The molecule has 6 saturated heterocycles. The van der Waals surface area contributed by atoms with Crippen molar-refractivity contribution in [3.05, 3.63) is 60.0 Å². The topological polar surface area (TPSA) is 178 Å². The van der Waals surface area contributed by atoms with Crippen molar-refractivity contribution in [2.75, 3.05) is 80.7 Å². The molecular weight excluding hydrogens is 947 g/mol. The molecule has 0 radical (unpaired) electrons. The number of piperidine rings is 5. The molecule has 1 spiro atoms. The fourth-order valence-corrected chi connectivity index (χ4v) is 14.0. The van der Waals surface area contributed by atoms with Gasteiger partial charge in [0, 0.05) is 112 Å². The van der Waals surface area contributed by atoms with Crippen LogP contribution < -0.4 is 20.4 Å². The minimum atomic E-state index is -0.703. The highest BCUT2D eigenvalue weighted by molar-refractivity contribution is 6.09. The lowest BCUT2D eigenvalue weighted by molar-refractivity contribution is -0.150. The first-order chi connectivity index (χ1) is 36.4. The van der Waals surface area contributed by atoms with E-state index < -0.39 is 10.8 Å². The molecule has 75 heavy (non-hydrogen) atoms. The van der Waals surface area contributed by atoms with Gasteiger partial charge < -0.3 is 39.1 Å². The standard InChI is InChI=1S/C58H75N11O6/c1-37(2)68-36-60-47-34-46(62-52(51(47)68)61-41-15-29-75-30-16-41)39-7-10-45-48(31-39)69(43-32-42(33-43)64-21-5-4-6-22-64)56(74)58(45)19-27-67(28-20-58)55(73)57(3)17-25-66(26-18-57)54(72)38-13-23-65(24-14-38)49-11-8-40(35-59-49)44-9-12-50(70)63-53(44)71/h7-8,10-11,31,34-38,41-44H,4-6,9,12-30,32-33H2,1-3H3,(H,61,62)(H,63,70,71)/t42-,43+,44?. The SMILES string of the molecule is CC(C)n1cnc2cc(-c3ccc4c(c3)N([C@H]3C[C@@H](N5CCCCC5)C3)C(=O)C43CCN(C(=O)C4(C)CCN(C(=O)C5CCN(c6ccc(C7CCC(=O)NC7=O)cn6)CC5)CC4)CC3)nc(NC3CCOCC3)c21. The monoisotopic (exact) mass is 1020 g/mol. The second kappa shape index (κ2) is 20.2. The van der Waals surface area contributed by atoms with Crippen LogP contribution in [0.3, 0.4) is 0 Å². The smallest absolute Gasteiger partial charge is 0.238 e. The number of likely N-dealkylation sites (tertiary alicyclic amines) is 3. The molecule has 1 saturated carbocycles. The number of fused-ring (bicyclic) bond motifs is 3. The van der Waals surface area contributed by atoms with Crippen LogP contribution in [0.15, 0.2) is 48.9 Å². The second-order valence-corrected chi connectivity index (χ2v) is 23.8. The molecule has 8 aliphatic rings. The van der Waals surface area contributed by atoms with Gasteiger partial charge in [-0.15, -0.1) is 0 Å². The highest BCUT2D eigenvalue weighted by Gasteiger charge is 2.56. The summed E-state index contributed by atoms with van der Waals surface area (Å²) in [4.78, 5) is 93.9. The molecule has 0 bridgehead atoms. The van der Waals surface area contributed by atoms with Gasteiger partial charge in [-0.25, -0.2) is 15.0 Å². The molecule has 5 amide bonds. The predicted molar refractivity (Wildman–Crippen MR) is 286 cm³/mol. The summed E-state index contributed by atoms with van der Waals surface area (Å²) >= 11 is 0. The zero-order valence-corrected chi connectivity index (χ0v) is 44.2. The number of anilines is 3. The van der Waals surface area contributed by atoms with Crippen molar-refractivity contribution in [2.45, 2.75) is 153 Å². The van der Waals surface area contributed by atoms with Crippen LogP contribution >= 0.6 is 0 Å². The van der Waals surface area contributed by atoms with Crippen LogP contribution in [0.1, 0.15) is 140 Å². The van der Waals surface area contributed by atoms with Crippen LogP contribution in [0.2, 0.25) is 0 Å². The van der Waals surface area contributed by atoms with Crippen LogP contribution in [0.5, 0.6) is 0 Å². The van der Waals surface area contributed by atoms with Gasteiger partial charge in [0.05, 0.1) is 28.9 Å². The summed E-state index contributed by atoms with van der Waals surface area (Å²) in [6.07, 6.45) is 15.9. The van der Waals surface area contributed by atoms with Gasteiger partial charge in [0.25, 0.3) is 0 Å². The Bertz CT molecular complexity index is 2820. The van der Waals surface area contributed by atoms with Crippen LogP contribution in [0.4, 0.5) is 17.3 Å². The molecule has 12 rings (SSSR count). The minimum Gasteiger partial charge on any atom is -0.381 e. The zero-order valence-electron chi connectivity index (χ0n) is 44.2. The number of imide groups is 1. The summed E-state index contributed by atoms with van der Waals surface area (Å²) < 4.78 is 7.89. The number of benzene rings is 1. The Morgan fingerprint density at radius 1 is 0.800 bits per heavy atom. The second-order valence-electron chi connectivity index (χ2n) is 23.8. The van der Waals surface area contributed by atoms with Crippen molar-refractivity contribution >= 4 is 57.9 Å². The number of nitrogens with one attached hydrogen (secondary N) is 2. The third-order valence-electron chi connectivity index (χ3n) is 18.9. The van der Waals surface area contributed by atoms with E-state index in [0.717, 1.165) is 116 Å². The third-order valence-corrected chi connectivity index (χ3v) is 18.9. The van der Waals surface area contributed by atoms with E-state index in [-0.39, 0.29) is 59.5 Å². The number of carbonyl (C=O) groups is 5. The number of hydrogen-bond donors (Lipinski definition) is 2. The van der Waals surface area contributed by atoms with Crippen molar-refractivity contribution in [2.24, 2.45) is 11.3 Å². The Labute approximate surface area is 440 Å². The fourth-order valence-electron chi connectivity index (χ4n) is 14.0. The van der Waals surface area contributed by atoms with Gasteiger partial charge in [-0.05, 0) is 140 Å². The molecule has 1 aromatic carbocycles. The predicted octanol–water partition coefficient (Wildman–Crippen LogP) is 6.95. The van der Waals surface area contributed by atoms with Crippen molar-refractivity contribution < 1.29 is 28.7 Å². The summed E-state index contributed by atoms with van der Waals surface area (Å²) in [5.41, 5.74) is 5.30. The number of nitrogens with zero attached hydrogens (tertiary/aromatic N) is 9. The maximum Gasteiger partial charge on any atom is 0.238 e. The molecule has 7 fully saturated rings. The van der Waals surface area contributed by atoms with E-state index >= 15 is 4.79 Å². The van der Waals surface area contributed by atoms with Gasteiger partial charge in [-0.1, -0.05) is 31.5 Å². The Hall–Kier alpha value is -5.94. The number of amides is 5. The van der Waals surface area contributed by atoms with Crippen LogP contribution in [0.25, 0.3) is 22.3 Å². The molecule has 17 nitrogen and oxygen atoms in total. The Morgan fingerprint density at radius 2 is 1.53 bits per heavy atom. The van der Waals surface area contributed by atoms with E-state index in [1.807, 2.05) is 28.3 Å². The summed E-state index contributed by atoms with van der Waals surface area (Å²) in [7, 11) is 0. The van der Waals surface area contributed by atoms with Gasteiger partial charge in [0.2, 0.25) is 29.5 Å². The molecule has 10 heterocycles. The minimum absolute atomic E-state index is 0.0773. The first kappa shape index (κ1) is 49.9. The molecule has 17 heteroatoms. The highest BCUT2D eigenvalue weighted by atomic mass is 16.5. The summed E-state index contributed by atoms with van der Waals surface area (Å²) in [6, 6.07) is 13.6. The number of ether oxygens (including phenoxy) is 1. The number of carbonyl (C=O) groups excluding carboxylic acids is 5. The van der Waals surface area contributed by atoms with Crippen molar-refractivity contribution in [3.8, 4) is 11.3 Å². The van der Waals surface area contributed by atoms with E-state index in [9.17, 15) is 19.2 Å². The van der Waals surface area contributed by atoms with Gasteiger partial charge in [0.15, 0.2) is 5.82 Å². The molecular formula is C58H75N11O6. The zero-order chi connectivity index (χ0) is 51.6. The lowest BCUT2D eigenvalue weighted by atomic mass is 9.72. The lowest BCUT2D eigenvalue weighted by Gasteiger charge is -2.48. The van der Waals surface area contributed by atoms with Crippen LogP contribution in [0, 0.1) is 11.3 Å². The fraction of sp³-hybridized carbons (Fsp3) is 0.621.